The fraction of sp³-hybridized carbons (Fsp3) is 0.200. The third-order valence-electron chi connectivity index (χ3n) is 5.39. The first-order valence-electron chi connectivity index (χ1n) is 10.9. The molecule has 0 aliphatic carbocycles. The molecular formula is C25H24ClN3O4S2. The molecule has 0 radical (unpaired) electrons. The van der Waals surface area contributed by atoms with Gasteiger partial charge in [-0.1, -0.05) is 47.2 Å². The van der Waals surface area contributed by atoms with Crippen LogP contribution in [-0.2, 0) is 21.3 Å². The normalized spacial score (nSPS) is 12.3. The summed E-state index contributed by atoms with van der Waals surface area (Å²) >= 11 is 7.79. The van der Waals surface area contributed by atoms with Crippen LogP contribution >= 0.6 is 22.9 Å². The first kappa shape index (κ1) is 25.1. The number of aromatic nitrogens is 1. The van der Waals surface area contributed by atoms with E-state index in [4.69, 9.17) is 16.3 Å². The summed E-state index contributed by atoms with van der Waals surface area (Å²) in [5.74, 6) is -0.474. The summed E-state index contributed by atoms with van der Waals surface area (Å²) in [5.41, 5.74) is 1.63. The lowest BCUT2D eigenvalue weighted by Crippen LogP contribution is -2.26. The maximum absolute atomic E-state index is 13.0. The molecular weight excluding hydrogens is 506 g/mol. The molecule has 7 nitrogen and oxygen atoms in total. The summed E-state index contributed by atoms with van der Waals surface area (Å²) in [6.07, 6.45) is 0. The highest BCUT2D eigenvalue weighted by molar-refractivity contribution is 7.92. The average molecular weight is 530 g/mol. The van der Waals surface area contributed by atoms with E-state index in [1.54, 1.807) is 30.3 Å². The van der Waals surface area contributed by atoms with E-state index in [9.17, 15) is 13.2 Å². The maximum atomic E-state index is 13.0. The summed E-state index contributed by atoms with van der Waals surface area (Å²) in [7, 11) is -2.28. The van der Waals surface area contributed by atoms with E-state index >= 15 is 0 Å². The van der Waals surface area contributed by atoms with Gasteiger partial charge >= 0.3 is 0 Å². The Morgan fingerprint density at radius 1 is 1.06 bits per heavy atom. The van der Waals surface area contributed by atoms with Crippen molar-refractivity contribution in [3.63, 3.8) is 0 Å². The van der Waals surface area contributed by atoms with E-state index in [2.05, 4.69) is 4.99 Å². The minimum Gasteiger partial charge on any atom is -0.380 e. The first-order chi connectivity index (χ1) is 16.8. The molecule has 10 heteroatoms. The van der Waals surface area contributed by atoms with Crippen molar-refractivity contribution in [1.82, 2.24) is 4.57 Å². The molecule has 1 aromatic heterocycles. The lowest BCUT2D eigenvalue weighted by molar-refractivity contribution is 0.0996. The van der Waals surface area contributed by atoms with Crippen molar-refractivity contribution < 1.29 is 17.9 Å². The number of carbonyl (C=O) groups is 1. The molecule has 0 N–H and O–H groups in total. The van der Waals surface area contributed by atoms with Gasteiger partial charge in [0.15, 0.2) is 4.80 Å². The molecule has 0 bridgehead atoms. The Morgan fingerprint density at radius 3 is 2.46 bits per heavy atom. The number of para-hydroxylation sites is 2. The summed E-state index contributed by atoms with van der Waals surface area (Å²) in [5, 5.41) is 0.571. The number of sulfonamides is 1. The van der Waals surface area contributed by atoms with Crippen LogP contribution in [0, 0.1) is 0 Å². The Labute approximate surface area is 212 Å². The highest BCUT2D eigenvalue weighted by Crippen LogP contribution is 2.26. The molecule has 3 aromatic carbocycles. The number of nitrogens with zero attached hydrogens (tertiary/aromatic N) is 3. The van der Waals surface area contributed by atoms with Gasteiger partial charge in [0.05, 0.1) is 32.4 Å². The zero-order valence-electron chi connectivity index (χ0n) is 19.2. The van der Waals surface area contributed by atoms with Gasteiger partial charge in [-0.15, -0.1) is 0 Å². The second-order valence-electron chi connectivity index (χ2n) is 7.57. The van der Waals surface area contributed by atoms with Crippen LogP contribution in [0.5, 0.6) is 0 Å². The van der Waals surface area contributed by atoms with Gasteiger partial charge in [-0.2, -0.15) is 4.99 Å². The van der Waals surface area contributed by atoms with Crippen molar-refractivity contribution in [2.24, 2.45) is 4.99 Å². The summed E-state index contributed by atoms with van der Waals surface area (Å²) in [6, 6.07) is 20.2. The lowest BCUT2D eigenvalue weighted by atomic mass is 10.2. The second kappa shape index (κ2) is 10.7. The van der Waals surface area contributed by atoms with Gasteiger partial charge in [-0.05, 0) is 55.5 Å². The lowest BCUT2D eigenvalue weighted by Gasteiger charge is -2.19. The highest BCUT2D eigenvalue weighted by atomic mass is 35.5. The molecule has 35 heavy (non-hydrogen) atoms. The van der Waals surface area contributed by atoms with Gasteiger partial charge in [-0.3, -0.25) is 9.10 Å². The number of thiazole rings is 1. The minimum atomic E-state index is -3.77. The SMILES string of the molecule is CCOCCn1c(=NC(=O)c2ccc(S(=O)(=O)N(C)c3ccccc3)cc2)sc2cccc(Cl)c21. The maximum Gasteiger partial charge on any atom is 0.279 e. The zero-order valence-corrected chi connectivity index (χ0v) is 21.6. The van der Waals surface area contributed by atoms with Crippen molar-refractivity contribution in [3.8, 4) is 0 Å². The number of anilines is 1. The van der Waals surface area contributed by atoms with Gasteiger partial charge < -0.3 is 9.30 Å². The number of fused-ring (bicyclic) bond motifs is 1. The predicted molar refractivity (Wildman–Crippen MR) is 140 cm³/mol. The van der Waals surface area contributed by atoms with Gasteiger partial charge in [0.25, 0.3) is 15.9 Å². The number of ether oxygens (including phenoxy) is 1. The number of carbonyl (C=O) groups excluding carboxylic acids is 1. The molecule has 0 unspecified atom stereocenters. The van der Waals surface area contributed by atoms with Crippen molar-refractivity contribution in [2.75, 3.05) is 24.6 Å². The van der Waals surface area contributed by atoms with E-state index < -0.39 is 15.9 Å². The Morgan fingerprint density at radius 2 is 1.77 bits per heavy atom. The average Bonchev–Trinajstić information content (AvgIpc) is 3.22. The first-order valence-corrected chi connectivity index (χ1v) is 13.5. The second-order valence-corrected chi connectivity index (χ2v) is 11.0. The van der Waals surface area contributed by atoms with Crippen LogP contribution in [0.25, 0.3) is 10.2 Å². The number of rotatable bonds is 8. The van der Waals surface area contributed by atoms with Crippen LogP contribution in [0.15, 0.2) is 82.7 Å². The molecule has 0 saturated carbocycles. The van der Waals surface area contributed by atoms with Gasteiger partial charge in [-0.25, -0.2) is 8.42 Å². The molecule has 4 rings (SSSR count). The quantitative estimate of drug-likeness (QED) is 0.302. The Bertz CT molecular complexity index is 1510. The van der Waals surface area contributed by atoms with Crippen LogP contribution in [0.2, 0.25) is 5.02 Å². The summed E-state index contributed by atoms with van der Waals surface area (Å²) < 4.78 is 35.5. The van der Waals surface area contributed by atoms with Crippen LogP contribution in [0.3, 0.4) is 0 Å². The van der Waals surface area contributed by atoms with Crippen LogP contribution in [0.4, 0.5) is 5.69 Å². The van der Waals surface area contributed by atoms with Gasteiger partial charge in [0, 0.05) is 25.8 Å². The summed E-state index contributed by atoms with van der Waals surface area (Å²) in [6.45, 7) is 3.44. The van der Waals surface area contributed by atoms with E-state index in [0.717, 1.165) is 10.2 Å². The Kier molecular flexibility index (Phi) is 7.71. The van der Waals surface area contributed by atoms with Crippen LogP contribution in [-0.4, -0.2) is 39.2 Å². The van der Waals surface area contributed by atoms with E-state index in [1.807, 2.05) is 29.7 Å². The van der Waals surface area contributed by atoms with Crippen molar-refractivity contribution in [2.45, 2.75) is 18.4 Å². The molecule has 1 heterocycles. The summed E-state index contributed by atoms with van der Waals surface area (Å²) in [4.78, 5) is 17.9. The molecule has 0 aliphatic rings. The molecule has 0 atom stereocenters. The molecule has 4 aromatic rings. The largest absolute Gasteiger partial charge is 0.380 e. The number of hydrogen-bond acceptors (Lipinski definition) is 5. The fourth-order valence-corrected chi connectivity index (χ4v) is 6.14. The standard InChI is InChI=1S/C25H24ClN3O4S2/c1-3-33-17-16-29-23-21(26)10-7-11-22(23)34-25(29)27-24(30)18-12-14-20(15-13-18)35(31,32)28(2)19-8-5-4-6-9-19/h4-15H,3,16-17H2,1-2H3. The smallest absolute Gasteiger partial charge is 0.279 e. The number of hydrogen-bond donors (Lipinski definition) is 0. The molecule has 1 amide bonds. The molecule has 0 aliphatic heterocycles. The molecule has 0 fully saturated rings. The van der Waals surface area contributed by atoms with Crippen LogP contribution in [0.1, 0.15) is 17.3 Å². The topological polar surface area (TPSA) is 81.0 Å². The van der Waals surface area contributed by atoms with E-state index in [1.165, 1.54) is 47.0 Å². The Balaban J connectivity index is 1.65. The van der Waals surface area contributed by atoms with Gasteiger partial charge in [0.2, 0.25) is 0 Å². The number of benzene rings is 3. The third-order valence-corrected chi connectivity index (χ3v) is 8.54. The van der Waals surface area contributed by atoms with Crippen molar-refractivity contribution >= 4 is 54.8 Å². The third kappa shape index (κ3) is 5.33. The molecule has 0 saturated heterocycles. The van der Waals surface area contributed by atoms with Crippen LogP contribution < -0.4 is 9.11 Å². The van der Waals surface area contributed by atoms with Crippen molar-refractivity contribution in [1.29, 1.82) is 0 Å². The van der Waals surface area contributed by atoms with Crippen molar-refractivity contribution in [3.05, 3.63) is 88.2 Å². The monoisotopic (exact) mass is 529 g/mol. The number of halogens is 1. The highest BCUT2D eigenvalue weighted by Gasteiger charge is 2.21. The Hall–Kier alpha value is -2.98. The molecule has 0 spiro atoms. The fourth-order valence-electron chi connectivity index (χ4n) is 3.54. The van der Waals surface area contributed by atoms with E-state index in [-0.39, 0.29) is 10.5 Å². The minimum absolute atomic E-state index is 0.0841. The molecule has 182 valence electrons. The van der Waals surface area contributed by atoms with E-state index in [0.29, 0.717) is 35.3 Å². The zero-order chi connectivity index (χ0) is 25.0. The number of amides is 1. The predicted octanol–water partition coefficient (Wildman–Crippen LogP) is 4.96. The van der Waals surface area contributed by atoms with Gasteiger partial charge in [0.1, 0.15) is 0 Å².